The molecule has 0 fully saturated rings. The van der Waals surface area contributed by atoms with Crippen LogP contribution in [0.1, 0.15) is 61.5 Å². The quantitative estimate of drug-likeness (QED) is 0.0207. The van der Waals surface area contributed by atoms with Crippen LogP contribution >= 0.6 is 0 Å². The fourth-order valence-electron chi connectivity index (χ4n) is 7.55. The summed E-state index contributed by atoms with van der Waals surface area (Å²) in [7, 11) is 0. The van der Waals surface area contributed by atoms with Gasteiger partial charge >= 0.3 is 0 Å². The zero-order valence-corrected chi connectivity index (χ0v) is 34.2. The maximum Gasteiger partial charge on any atom is 0.227 e. The van der Waals surface area contributed by atoms with E-state index in [0.717, 1.165) is 17.7 Å². The summed E-state index contributed by atoms with van der Waals surface area (Å²) in [5.41, 5.74) is -12.5. The predicted octanol–water partition coefficient (Wildman–Crippen LogP) is 10.0. The number of Topliss-reactive ketones (excluding diaryl/α,β-unsaturated/α-hetero) is 1. The Kier molecular flexibility index (Phi) is 16.4. The predicted molar refractivity (Wildman–Crippen MR) is 202 cm³/mol. The summed E-state index contributed by atoms with van der Waals surface area (Å²) in [6, 6.07) is 9.44. The molecule has 0 atom stereocenters. The van der Waals surface area contributed by atoms with Crippen molar-refractivity contribution in [3.63, 3.8) is 0 Å². The first kappa shape index (κ1) is 52.5. The molecule has 0 radical (unpaired) electrons. The number of aromatic nitrogens is 2. The Bertz CT molecular complexity index is 2520. The Morgan fingerprint density at radius 2 is 0.750 bits per heavy atom. The average Bonchev–Trinajstić information content (AvgIpc) is 3.33. The molecule has 1 aromatic heterocycles. The van der Waals surface area contributed by atoms with Crippen molar-refractivity contribution in [2.45, 2.75) is 58.4 Å². The Hall–Kier alpha value is -6.49. The third kappa shape index (κ3) is 9.36. The Morgan fingerprint density at radius 3 is 1.09 bits per heavy atom. The van der Waals surface area contributed by atoms with Crippen molar-refractivity contribution >= 4 is 33.8 Å². The van der Waals surface area contributed by atoms with Crippen molar-refractivity contribution in [3.8, 4) is 0 Å². The van der Waals surface area contributed by atoms with Gasteiger partial charge in [-0.05, 0) is 12.8 Å². The van der Waals surface area contributed by atoms with E-state index in [2.05, 4.69) is 11.9 Å². The number of benzene rings is 5. The zero-order chi connectivity index (χ0) is 50.7. The van der Waals surface area contributed by atoms with Crippen molar-refractivity contribution in [1.82, 2.24) is 4.98 Å². The molecule has 0 aliphatic rings. The molecule has 0 N–H and O–H groups in total. The van der Waals surface area contributed by atoms with Gasteiger partial charge in [-0.3, -0.25) is 4.79 Å². The van der Waals surface area contributed by atoms with Crippen molar-refractivity contribution in [3.05, 3.63) is 177 Å². The van der Waals surface area contributed by atoms with E-state index in [0.29, 0.717) is 6.54 Å². The van der Waals surface area contributed by atoms with Crippen LogP contribution in [0.5, 0.6) is 0 Å². The summed E-state index contributed by atoms with van der Waals surface area (Å²) in [4.78, 5) is 16.7. The minimum atomic E-state index is -7.22. The lowest BCUT2D eigenvalue weighted by Gasteiger charge is -2.44. The molecule has 5 aromatic carbocycles. The van der Waals surface area contributed by atoms with Crippen molar-refractivity contribution in [2.75, 3.05) is 0 Å². The molecule has 6 aromatic rings. The topological polar surface area (TPSA) is 33.8 Å². The number of aryl methyl sites for hydroxylation is 1. The van der Waals surface area contributed by atoms with Gasteiger partial charge in [0.15, 0.2) is 82.2 Å². The van der Waals surface area contributed by atoms with E-state index in [4.69, 9.17) is 0 Å². The van der Waals surface area contributed by atoms with Gasteiger partial charge in [-0.2, -0.15) is 4.57 Å². The smallest absolute Gasteiger partial charge is 0.227 e. The van der Waals surface area contributed by atoms with E-state index < -0.39 is 144 Å². The molecular weight excluding hydrogens is 963 g/mol. The summed E-state index contributed by atoms with van der Waals surface area (Å²) in [6.45, 7) is 2.61. The van der Waals surface area contributed by atoms with E-state index in [1.54, 1.807) is 6.20 Å². The van der Waals surface area contributed by atoms with Crippen LogP contribution in [0.3, 0.4) is 0 Å². The molecule has 0 bridgehead atoms. The van der Waals surface area contributed by atoms with Gasteiger partial charge in [0.1, 0.15) is 58.4 Å². The molecule has 68 heavy (non-hydrogen) atoms. The average molecular weight is 990 g/mol. The number of ketones is 1. The second-order valence-corrected chi connectivity index (χ2v) is 14.8. The zero-order valence-electron chi connectivity index (χ0n) is 34.2. The van der Waals surface area contributed by atoms with Gasteiger partial charge in [0.05, 0.1) is 6.20 Å². The third-order valence-corrected chi connectivity index (χ3v) is 10.7. The molecule has 0 unspecified atom stereocenters. The highest BCUT2D eigenvalue weighted by atomic mass is 19.2. The number of rotatable bonds is 14. The highest BCUT2D eigenvalue weighted by Crippen LogP contribution is 2.31. The number of carbonyl (C=O) groups excluding carboxylic acids is 1. The summed E-state index contributed by atoms with van der Waals surface area (Å²) in [6.07, 6.45) is 7.16. The van der Waals surface area contributed by atoms with Gasteiger partial charge in [0.25, 0.3) is 0 Å². The Balaban J connectivity index is 0.000000314. The fourth-order valence-corrected chi connectivity index (χ4v) is 7.55. The molecule has 362 valence electrons. The van der Waals surface area contributed by atoms with E-state index >= 15 is 35.1 Å². The number of unbranched alkanes of at least 4 members (excludes halogenated alkanes) is 5. The molecule has 0 saturated heterocycles. The molecule has 6 rings (SSSR count). The van der Waals surface area contributed by atoms with E-state index in [9.17, 15) is 57.5 Å². The summed E-state index contributed by atoms with van der Waals surface area (Å²) < 4.78 is 296. The fraction of sp³-hybridized carbons (Fsp3) is 0.205. The van der Waals surface area contributed by atoms with Crippen molar-refractivity contribution in [2.24, 2.45) is 0 Å². The Morgan fingerprint density at radius 1 is 0.441 bits per heavy atom. The van der Waals surface area contributed by atoms with Gasteiger partial charge in [0.2, 0.25) is 12.3 Å². The second-order valence-electron chi connectivity index (χ2n) is 14.8. The Labute approximate surface area is 370 Å². The van der Waals surface area contributed by atoms with Crippen LogP contribution in [-0.4, -0.2) is 16.9 Å². The number of hydrogen-bond acceptors (Lipinski definition) is 2. The summed E-state index contributed by atoms with van der Waals surface area (Å²) >= 11 is 0. The lowest BCUT2D eigenvalue weighted by Crippen LogP contribution is -2.81. The van der Waals surface area contributed by atoms with Crippen molar-refractivity contribution in [1.29, 1.82) is 0 Å². The molecule has 0 aliphatic heterocycles. The van der Waals surface area contributed by atoms with Gasteiger partial charge in [-0.1, -0.05) is 69.4 Å². The molecule has 3 nitrogen and oxygen atoms in total. The van der Waals surface area contributed by atoms with Crippen LogP contribution in [-0.2, 0) is 13.0 Å². The first-order valence-corrected chi connectivity index (χ1v) is 19.6. The van der Waals surface area contributed by atoms with Crippen LogP contribution in [0.15, 0.2) is 48.9 Å². The first-order chi connectivity index (χ1) is 32.0. The molecular formula is C44H27BF20N2O. The minimum Gasteiger partial charge on any atom is -0.287 e. The molecule has 0 saturated carbocycles. The van der Waals surface area contributed by atoms with Gasteiger partial charge < -0.3 is 0 Å². The van der Waals surface area contributed by atoms with Gasteiger partial charge in [-0.15, -0.1) is 21.9 Å². The molecule has 0 amide bonds. The highest BCUT2D eigenvalue weighted by Gasteiger charge is 2.52. The first-order valence-electron chi connectivity index (χ1n) is 19.6. The van der Waals surface area contributed by atoms with E-state index in [1.807, 2.05) is 47.3 Å². The number of halogens is 20. The number of nitrogens with zero attached hydrogens (tertiary/aromatic N) is 2. The molecule has 24 heteroatoms. The SMILES string of the molecule is CCCCCCCCc1c[n+](CC(=O)c2ccccc2)ccn1.Fc1c(F)c(F)c([B-](c2c(F)c(F)c(F)c(F)c2F)(c2c(F)c(F)c(F)c(F)c2F)c2c(F)c(F)c(F)c(F)c2F)c(F)c1F. The van der Waals surface area contributed by atoms with Gasteiger partial charge in [0, 0.05) is 5.56 Å². The highest BCUT2D eigenvalue weighted by molar-refractivity contribution is 7.20. The maximum atomic E-state index is 15.4. The van der Waals surface area contributed by atoms with Crippen LogP contribution in [0.2, 0.25) is 0 Å². The van der Waals surface area contributed by atoms with Crippen LogP contribution in [0.25, 0.3) is 0 Å². The standard InChI is InChI=1S/C24BF20.C20H27N2O/c26-5-1(6(27)14(35)21(42)13(5)34)25(2-7(28)15(36)22(43)16(37)8(2)29,3-9(30)17(38)23(44)18(39)10(3)31)4-11(32)19(40)24(45)20(41)12(4)33;1-2-3-4-5-6-10-13-19-16-22(15-14-21-19)17-20(23)18-11-8-7-9-12-18/h;7-9,11-12,14-16H,2-6,10,13,17H2,1H3/q-1;+1. The molecule has 0 aliphatic carbocycles. The van der Waals surface area contributed by atoms with Crippen LogP contribution in [0.4, 0.5) is 87.8 Å². The lowest BCUT2D eigenvalue weighted by atomic mass is 9.12. The second kappa shape index (κ2) is 21.2. The molecule has 0 spiro atoms. The minimum absolute atomic E-state index is 0.132. The lowest BCUT2D eigenvalue weighted by molar-refractivity contribution is -0.684. The summed E-state index contributed by atoms with van der Waals surface area (Å²) in [5, 5.41) is 0. The largest absolute Gasteiger partial charge is 0.287 e. The number of carbonyl (C=O) groups is 1. The molecule has 1 heterocycles. The van der Waals surface area contributed by atoms with E-state index in [-0.39, 0.29) is 5.78 Å². The maximum absolute atomic E-state index is 15.4. The van der Waals surface area contributed by atoms with Crippen LogP contribution < -0.4 is 26.4 Å². The normalized spacial score (nSPS) is 11.5. The van der Waals surface area contributed by atoms with E-state index in [1.165, 1.54) is 38.5 Å². The summed E-state index contributed by atoms with van der Waals surface area (Å²) in [5.74, 6) is -71.3. The van der Waals surface area contributed by atoms with Crippen molar-refractivity contribution < 1.29 is 97.2 Å². The number of hydrogen-bond donors (Lipinski definition) is 0. The third-order valence-electron chi connectivity index (χ3n) is 10.7. The van der Waals surface area contributed by atoms with Gasteiger partial charge in [-0.25, -0.2) is 92.8 Å². The monoisotopic (exact) mass is 990 g/mol. The van der Waals surface area contributed by atoms with Crippen LogP contribution in [0, 0.1) is 116 Å².